The molecule has 1 rings (SSSR count). The lowest BCUT2D eigenvalue weighted by molar-refractivity contribution is 0.548. The molecule has 0 aliphatic rings. The summed E-state index contributed by atoms with van der Waals surface area (Å²) >= 11 is 0. The molecule has 1 unspecified atom stereocenters. The number of nitrogens with one attached hydrogen (secondary N) is 1. The first-order chi connectivity index (χ1) is 7.70. The molecule has 16 heavy (non-hydrogen) atoms. The highest BCUT2D eigenvalue weighted by Gasteiger charge is 2.11. The molecule has 0 saturated carbocycles. The third-order valence-electron chi connectivity index (χ3n) is 2.92. The van der Waals surface area contributed by atoms with Crippen molar-refractivity contribution in [1.29, 1.82) is 0 Å². The van der Waals surface area contributed by atoms with E-state index in [4.69, 9.17) is 12.2 Å². The normalized spacial score (nSPS) is 12.1. The summed E-state index contributed by atoms with van der Waals surface area (Å²) in [5.41, 5.74) is 9.68. The Bertz CT molecular complexity index is 377. The second-order valence-corrected chi connectivity index (χ2v) is 3.99. The molecule has 0 aliphatic heterocycles. The van der Waals surface area contributed by atoms with Gasteiger partial charge in [-0.15, -0.1) is 12.3 Å². The fourth-order valence-electron chi connectivity index (χ4n) is 1.79. The smallest absolute Gasteiger partial charge is 0.0447 e. The second kappa shape index (κ2) is 6.32. The zero-order chi connectivity index (χ0) is 12.0. The van der Waals surface area contributed by atoms with Crippen LogP contribution in [0.25, 0.3) is 0 Å². The van der Waals surface area contributed by atoms with Crippen LogP contribution in [0.4, 0.5) is 0 Å². The largest absolute Gasteiger partial charge is 0.329 e. The molecule has 0 aromatic heterocycles. The van der Waals surface area contributed by atoms with Gasteiger partial charge < -0.3 is 11.1 Å². The predicted octanol–water partition coefficient (Wildman–Crippen LogP) is 1.92. The lowest BCUT2D eigenvalue weighted by atomic mass is 9.97. The van der Waals surface area contributed by atoms with Crippen LogP contribution in [0.2, 0.25) is 0 Å². The Hall–Kier alpha value is -1.30. The van der Waals surface area contributed by atoms with Crippen LogP contribution in [0.15, 0.2) is 18.2 Å². The molecular weight excluding hydrogens is 196 g/mol. The Labute approximate surface area is 98.2 Å². The highest BCUT2D eigenvalue weighted by atomic mass is 14.9. The Morgan fingerprint density at radius 3 is 2.81 bits per heavy atom. The van der Waals surface area contributed by atoms with Crippen molar-refractivity contribution in [2.75, 3.05) is 13.1 Å². The van der Waals surface area contributed by atoms with Gasteiger partial charge in [-0.2, -0.15) is 0 Å². The fourth-order valence-corrected chi connectivity index (χ4v) is 1.79. The molecule has 0 radical (unpaired) electrons. The Kier molecular flexibility index (Phi) is 5.04. The highest BCUT2D eigenvalue weighted by Crippen LogP contribution is 2.19. The third-order valence-corrected chi connectivity index (χ3v) is 2.92. The van der Waals surface area contributed by atoms with E-state index >= 15 is 0 Å². The van der Waals surface area contributed by atoms with Gasteiger partial charge in [-0.3, -0.25) is 0 Å². The molecule has 0 saturated heterocycles. The van der Waals surface area contributed by atoms with Gasteiger partial charge in [-0.05, 0) is 30.5 Å². The molecule has 1 atom stereocenters. The van der Waals surface area contributed by atoms with E-state index in [1.165, 1.54) is 16.7 Å². The van der Waals surface area contributed by atoms with Crippen LogP contribution in [0.1, 0.15) is 29.2 Å². The number of hydrogen-bond acceptors (Lipinski definition) is 2. The van der Waals surface area contributed by atoms with Crippen molar-refractivity contribution < 1.29 is 0 Å². The maximum atomic E-state index is 5.79. The summed E-state index contributed by atoms with van der Waals surface area (Å²) in [5.74, 6) is 2.62. The quantitative estimate of drug-likeness (QED) is 0.583. The molecule has 0 amide bonds. The standard InChI is InChI=1S/C14H20N2/c1-4-5-9-16-14(10-15)13-8-6-7-11(2)12(13)3/h1,6-8,14,16H,5,9-10,15H2,2-3H3. The van der Waals surface area contributed by atoms with Crippen molar-refractivity contribution in [3.8, 4) is 12.3 Å². The van der Waals surface area contributed by atoms with E-state index < -0.39 is 0 Å². The molecule has 86 valence electrons. The van der Waals surface area contributed by atoms with E-state index in [0.717, 1.165) is 13.0 Å². The summed E-state index contributed by atoms with van der Waals surface area (Å²) < 4.78 is 0. The number of benzene rings is 1. The fraction of sp³-hybridized carbons (Fsp3) is 0.429. The van der Waals surface area contributed by atoms with Gasteiger partial charge in [0.1, 0.15) is 0 Å². The van der Waals surface area contributed by atoms with Crippen LogP contribution in [0.5, 0.6) is 0 Å². The van der Waals surface area contributed by atoms with Crippen LogP contribution in [-0.4, -0.2) is 13.1 Å². The van der Waals surface area contributed by atoms with Crippen LogP contribution in [-0.2, 0) is 0 Å². The number of terminal acetylenes is 1. The molecule has 0 spiro atoms. The molecule has 1 aromatic rings. The van der Waals surface area contributed by atoms with Crippen LogP contribution in [0.3, 0.4) is 0 Å². The number of hydrogen-bond donors (Lipinski definition) is 2. The predicted molar refractivity (Wildman–Crippen MR) is 69.2 cm³/mol. The van der Waals surface area contributed by atoms with Gasteiger partial charge in [0, 0.05) is 25.6 Å². The average molecular weight is 216 g/mol. The monoisotopic (exact) mass is 216 g/mol. The minimum absolute atomic E-state index is 0.202. The van der Waals surface area contributed by atoms with Crippen molar-refractivity contribution in [2.45, 2.75) is 26.3 Å². The van der Waals surface area contributed by atoms with Crippen LogP contribution in [0, 0.1) is 26.2 Å². The van der Waals surface area contributed by atoms with Crippen molar-refractivity contribution in [3.05, 3.63) is 34.9 Å². The first kappa shape index (κ1) is 12.8. The molecule has 0 aliphatic carbocycles. The molecule has 3 N–H and O–H groups in total. The summed E-state index contributed by atoms with van der Waals surface area (Å²) in [5, 5.41) is 3.39. The van der Waals surface area contributed by atoms with Crippen molar-refractivity contribution in [1.82, 2.24) is 5.32 Å². The first-order valence-electron chi connectivity index (χ1n) is 5.63. The summed E-state index contributed by atoms with van der Waals surface area (Å²) in [6.45, 7) is 5.66. The van der Waals surface area contributed by atoms with E-state index in [-0.39, 0.29) is 6.04 Å². The lowest BCUT2D eigenvalue weighted by Gasteiger charge is -2.20. The van der Waals surface area contributed by atoms with E-state index in [1.807, 2.05) is 0 Å². The van der Waals surface area contributed by atoms with Crippen molar-refractivity contribution >= 4 is 0 Å². The van der Waals surface area contributed by atoms with Crippen LogP contribution >= 0.6 is 0 Å². The van der Waals surface area contributed by atoms with Gasteiger partial charge in [0.25, 0.3) is 0 Å². The number of rotatable bonds is 5. The Morgan fingerprint density at radius 2 is 2.19 bits per heavy atom. The average Bonchev–Trinajstić information content (AvgIpc) is 2.29. The summed E-state index contributed by atoms with van der Waals surface area (Å²) in [4.78, 5) is 0. The zero-order valence-corrected chi connectivity index (χ0v) is 10.1. The molecule has 1 aromatic carbocycles. The van der Waals surface area contributed by atoms with Crippen molar-refractivity contribution in [2.24, 2.45) is 5.73 Å². The molecular formula is C14H20N2. The third kappa shape index (κ3) is 3.10. The zero-order valence-electron chi connectivity index (χ0n) is 10.1. The Balaban J connectivity index is 2.79. The van der Waals surface area contributed by atoms with E-state index in [2.05, 4.69) is 43.3 Å². The van der Waals surface area contributed by atoms with E-state index in [0.29, 0.717) is 6.54 Å². The van der Waals surface area contributed by atoms with Gasteiger partial charge in [-0.25, -0.2) is 0 Å². The van der Waals surface area contributed by atoms with E-state index in [9.17, 15) is 0 Å². The molecule has 0 bridgehead atoms. The van der Waals surface area contributed by atoms with E-state index in [1.54, 1.807) is 0 Å². The van der Waals surface area contributed by atoms with Gasteiger partial charge in [0.2, 0.25) is 0 Å². The summed E-state index contributed by atoms with van der Waals surface area (Å²) in [7, 11) is 0. The SMILES string of the molecule is C#CCCNC(CN)c1cccc(C)c1C. The molecule has 2 heteroatoms. The number of nitrogens with two attached hydrogens (primary N) is 1. The molecule has 0 fully saturated rings. The van der Waals surface area contributed by atoms with Gasteiger partial charge in [0.15, 0.2) is 0 Å². The second-order valence-electron chi connectivity index (χ2n) is 3.99. The van der Waals surface area contributed by atoms with Gasteiger partial charge in [0.05, 0.1) is 0 Å². The minimum atomic E-state index is 0.202. The summed E-state index contributed by atoms with van der Waals surface area (Å²) in [6.07, 6.45) is 5.97. The topological polar surface area (TPSA) is 38.0 Å². The van der Waals surface area contributed by atoms with Crippen molar-refractivity contribution in [3.63, 3.8) is 0 Å². The van der Waals surface area contributed by atoms with Crippen LogP contribution < -0.4 is 11.1 Å². The molecule has 0 heterocycles. The summed E-state index contributed by atoms with van der Waals surface area (Å²) in [6, 6.07) is 6.52. The number of aryl methyl sites for hydroxylation is 1. The van der Waals surface area contributed by atoms with Gasteiger partial charge in [-0.1, -0.05) is 18.2 Å². The van der Waals surface area contributed by atoms with Gasteiger partial charge >= 0.3 is 0 Å². The maximum Gasteiger partial charge on any atom is 0.0447 e. The highest BCUT2D eigenvalue weighted by molar-refractivity contribution is 5.35. The molecule has 2 nitrogen and oxygen atoms in total. The first-order valence-corrected chi connectivity index (χ1v) is 5.63. The maximum absolute atomic E-state index is 5.79. The minimum Gasteiger partial charge on any atom is -0.329 e. The Morgan fingerprint density at radius 1 is 1.44 bits per heavy atom. The lowest BCUT2D eigenvalue weighted by Crippen LogP contribution is -2.29.